The molecule has 0 bridgehead atoms. The van der Waals surface area contributed by atoms with Gasteiger partial charge in [-0.05, 0) is 37.5 Å². The lowest BCUT2D eigenvalue weighted by molar-refractivity contribution is -0.140. The molecule has 26 heavy (non-hydrogen) atoms. The topological polar surface area (TPSA) is 44.8 Å². The number of piperazine rings is 1. The molecule has 1 heterocycles. The third kappa shape index (κ3) is 7.30. The van der Waals surface area contributed by atoms with Crippen molar-refractivity contribution in [3.8, 4) is 0 Å². The Morgan fingerprint density at radius 3 is 2.65 bits per heavy atom. The number of methoxy groups -OCH3 is 1. The first-order valence-electron chi connectivity index (χ1n) is 9.46. The smallest absolute Gasteiger partial charge is 0.305 e. The first kappa shape index (κ1) is 20.6. The number of carbonyl (C=O) groups is 1. The van der Waals surface area contributed by atoms with Gasteiger partial charge in [0.25, 0.3) is 0 Å². The highest BCUT2D eigenvalue weighted by Gasteiger charge is 2.18. The van der Waals surface area contributed by atoms with E-state index in [0.717, 1.165) is 63.6 Å². The lowest BCUT2D eigenvalue weighted by Gasteiger charge is -2.36. The first-order valence-corrected chi connectivity index (χ1v) is 9.87. The molecule has 2 rings (SSSR count). The molecule has 5 nitrogen and oxygen atoms in total. The van der Waals surface area contributed by atoms with Crippen LogP contribution in [0.3, 0.4) is 0 Å². The Kier molecular flexibility index (Phi) is 8.85. The number of rotatable bonds is 8. The molecule has 1 N–H and O–H groups in total. The number of carbonyl (C=O) groups excluding carboxylic acids is 1. The van der Waals surface area contributed by atoms with Gasteiger partial charge in [0.15, 0.2) is 5.11 Å². The summed E-state index contributed by atoms with van der Waals surface area (Å²) < 4.78 is 4.64. The van der Waals surface area contributed by atoms with Gasteiger partial charge in [-0.15, -0.1) is 0 Å². The van der Waals surface area contributed by atoms with Gasteiger partial charge in [-0.1, -0.05) is 36.2 Å². The quantitative estimate of drug-likeness (QED) is 0.427. The van der Waals surface area contributed by atoms with E-state index < -0.39 is 0 Å². The summed E-state index contributed by atoms with van der Waals surface area (Å²) in [5, 5.41) is 4.20. The lowest BCUT2D eigenvalue weighted by atomic mass is 10.1. The van der Waals surface area contributed by atoms with Gasteiger partial charge >= 0.3 is 5.97 Å². The van der Waals surface area contributed by atoms with Crippen molar-refractivity contribution >= 4 is 23.3 Å². The number of hydrogen-bond acceptors (Lipinski definition) is 4. The number of esters is 1. The highest BCUT2D eigenvalue weighted by molar-refractivity contribution is 7.80. The zero-order valence-corrected chi connectivity index (χ0v) is 16.8. The zero-order valence-electron chi connectivity index (χ0n) is 16.0. The predicted molar refractivity (Wildman–Crippen MR) is 109 cm³/mol. The Labute approximate surface area is 162 Å². The lowest BCUT2D eigenvalue weighted by Crippen LogP contribution is -2.51. The van der Waals surface area contributed by atoms with Crippen LogP contribution in [0.2, 0.25) is 0 Å². The summed E-state index contributed by atoms with van der Waals surface area (Å²) in [4.78, 5) is 15.8. The number of aryl methyl sites for hydroxylation is 1. The van der Waals surface area contributed by atoms with Crippen molar-refractivity contribution in [2.45, 2.75) is 39.2 Å². The number of unbranched alkanes of at least 4 members (excludes halogenated alkanes) is 2. The van der Waals surface area contributed by atoms with Crippen molar-refractivity contribution < 1.29 is 9.53 Å². The molecule has 0 aliphatic carbocycles. The summed E-state index contributed by atoms with van der Waals surface area (Å²) in [7, 11) is 1.43. The summed E-state index contributed by atoms with van der Waals surface area (Å²) in [6.45, 7) is 8.03. The van der Waals surface area contributed by atoms with Crippen LogP contribution < -0.4 is 5.32 Å². The predicted octanol–water partition coefficient (Wildman–Crippen LogP) is 2.72. The number of benzene rings is 1. The maximum Gasteiger partial charge on any atom is 0.305 e. The number of thiocarbonyl (C=S) groups is 1. The van der Waals surface area contributed by atoms with Gasteiger partial charge in [-0.3, -0.25) is 9.69 Å². The van der Waals surface area contributed by atoms with Gasteiger partial charge in [0, 0.05) is 45.7 Å². The second-order valence-corrected chi connectivity index (χ2v) is 7.26. The second-order valence-electron chi connectivity index (χ2n) is 6.87. The monoisotopic (exact) mass is 377 g/mol. The number of hydrogen-bond donors (Lipinski definition) is 1. The summed E-state index contributed by atoms with van der Waals surface area (Å²) in [5.41, 5.74) is 2.70. The van der Waals surface area contributed by atoms with Crippen molar-refractivity contribution in [1.82, 2.24) is 15.1 Å². The molecule has 1 aromatic carbocycles. The molecular weight excluding hydrogens is 346 g/mol. The minimum atomic E-state index is -0.128. The molecular formula is C20H31N3O2S. The standard InChI is InChI=1S/C20H31N3O2S/c1-17-7-6-8-18(15-17)16-22-11-13-23(14-12-22)20(26)21-10-5-3-4-9-19(24)25-2/h6-8,15H,3-5,9-14,16H2,1-2H3,(H,21,26). The third-order valence-electron chi connectivity index (χ3n) is 4.71. The largest absolute Gasteiger partial charge is 0.469 e. The molecule has 144 valence electrons. The second kappa shape index (κ2) is 11.1. The minimum Gasteiger partial charge on any atom is -0.469 e. The van der Waals surface area contributed by atoms with Gasteiger partial charge in [-0.25, -0.2) is 0 Å². The third-order valence-corrected chi connectivity index (χ3v) is 5.11. The molecule has 1 saturated heterocycles. The van der Waals surface area contributed by atoms with E-state index in [1.807, 2.05) is 0 Å². The Balaban J connectivity index is 1.58. The van der Waals surface area contributed by atoms with Crippen LogP contribution in [0.1, 0.15) is 36.8 Å². The van der Waals surface area contributed by atoms with E-state index in [0.29, 0.717) is 6.42 Å². The highest BCUT2D eigenvalue weighted by Crippen LogP contribution is 2.10. The Hall–Kier alpha value is -1.66. The fourth-order valence-electron chi connectivity index (χ4n) is 3.16. The molecule has 1 fully saturated rings. The Bertz CT molecular complexity index is 586. The van der Waals surface area contributed by atoms with E-state index in [2.05, 4.69) is 51.0 Å². The fraction of sp³-hybridized carbons (Fsp3) is 0.600. The summed E-state index contributed by atoms with van der Waals surface area (Å²) >= 11 is 5.52. The van der Waals surface area contributed by atoms with Crippen molar-refractivity contribution in [3.05, 3.63) is 35.4 Å². The molecule has 1 aromatic rings. The zero-order chi connectivity index (χ0) is 18.8. The van der Waals surface area contributed by atoms with E-state index in [1.54, 1.807) is 0 Å². The molecule has 0 aromatic heterocycles. The molecule has 0 amide bonds. The molecule has 0 atom stereocenters. The van der Waals surface area contributed by atoms with Crippen molar-refractivity contribution in [3.63, 3.8) is 0 Å². The van der Waals surface area contributed by atoms with E-state index in [4.69, 9.17) is 12.2 Å². The van der Waals surface area contributed by atoms with Crippen LogP contribution >= 0.6 is 12.2 Å². The molecule has 6 heteroatoms. The average Bonchev–Trinajstić information content (AvgIpc) is 2.64. The van der Waals surface area contributed by atoms with E-state index >= 15 is 0 Å². The van der Waals surface area contributed by atoms with Gasteiger partial charge < -0.3 is 15.0 Å². The van der Waals surface area contributed by atoms with Crippen LogP contribution in [0, 0.1) is 6.92 Å². The maximum absolute atomic E-state index is 11.0. The van der Waals surface area contributed by atoms with Crippen LogP contribution in [0.25, 0.3) is 0 Å². The van der Waals surface area contributed by atoms with Crippen LogP contribution in [0.15, 0.2) is 24.3 Å². The Morgan fingerprint density at radius 2 is 1.96 bits per heavy atom. The SMILES string of the molecule is COC(=O)CCCCCNC(=S)N1CCN(Cc2cccc(C)c2)CC1. The van der Waals surface area contributed by atoms with E-state index in [9.17, 15) is 4.79 Å². The molecule has 1 aliphatic heterocycles. The van der Waals surface area contributed by atoms with Crippen LogP contribution in [0.5, 0.6) is 0 Å². The maximum atomic E-state index is 11.0. The number of ether oxygens (including phenoxy) is 1. The average molecular weight is 378 g/mol. The fourth-order valence-corrected chi connectivity index (χ4v) is 3.44. The Morgan fingerprint density at radius 1 is 1.19 bits per heavy atom. The molecule has 0 saturated carbocycles. The summed E-state index contributed by atoms with van der Waals surface area (Å²) in [6, 6.07) is 8.73. The summed E-state index contributed by atoms with van der Waals surface area (Å²) in [6.07, 6.45) is 3.40. The van der Waals surface area contributed by atoms with Crippen LogP contribution in [-0.2, 0) is 16.1 Å². The van der Waals surface area contributed by atoms with Crippen molar-refractivity contribution in [1.29, 1.82) is 0 Å². The molecule has 0 radical (unpaired) electrons. The van der Waals surface area contributed by atoms with Crippen LogP contribution in [0.4, 0.5) is 0 Å². The molecule has 1 aliphatic rings. The number of nitrogens with zero attached hydrogens (tertiary/aromatic N) is 2. The molecule has 0 spiro atoms. The van der Waals surface area contributed by atoms with Crippen LogP contribution in [-0.4, -0.2) is 60.7 Å². The highest BCUT2D eigenvalue weighted by atomic mass is 32.1. The van der Waals surface area contributed by atoms with Gasteiger partial charge in [0.1, 0.15) is 0 Å². The minimum absolute atomic E-state index is 0.128. The van der Waals surface area contributed by atoms with E-state index in [-0.39, 0.29) is 5.97 Å². The van der Waals surface area contributed by atoms with Crippen molar-refractivity contribution in [2.75, 3.05) is 39.8 Å². The van der Waals surface area contributed by atoms with E-state index in [1.165, 1.54) is 18.2 Å². The van der Waals surface area contributed by atoms with Gasteiger partial charge in [0.2, 0.25) is 0 Å². The molecule has 0 unspecified atom stereocenters. The van der Waals surface area contributed by atoms with Crippen molar-refractivity contribution in [2.24, 2.45) is 0 Å². The number of nitrogens with one attached hydrogen (secondary N) is 1. The van der Waals surface area contributed by atoms with Gasteiger partial charge in [-0.2, -0.15) is 0 Å². The summed E-state index contributed by atoms with van der Waals surface area (Å²) in [5.74, 6) is -0.128. The normalized spacial score (nSPS) is 14.9. The van der Waals surface area contributed by atoms with Gasteiger partial charge in [0.05, 0.1) is 7.11 Å². The first-order chi connectivity index (χ1) is 12.6.